The molecular formula is C31H32N4O4S. The van der Waals surface area contributed by atoms with Crippen LogP contribution in [0.3, 0.4) is 0 Å². The molecule has 0 radical (unpaired) electrons. The Labute approximate surface area is 234 Å². The first-order valence-electron chi connectivity index (χ1n) is 13.7. The van der Waals surface area contributed by atoms with Crippen molar-refractivity contribution in [3.05, 3.63) is 89.5 Å². The Morgan fingerprint density at radius 2 is 1.73 bits per heavy atom. The Hall–Kier alpha value is -3.95. The van der Waals surface area contributed by atoms with Crippen LogP contribution in [0, 0.1) is 0 Å². The van der Waals surface area contributed by atoms with Crippen molar-refractivity contribution in [3.63, 3.8) is 0 Å². The number of carbonyl (C=O) groups is 2. The molecule has 1 saturated carbocycles. The summed E-state index contributed by atoms with van der Waals surface area (Å²) < 4.78 is 31.3. The molecule has 1 aliphatic carbocycles. The van der Waals surface area contributed by atoms with E-state index in [1.807, 2.05) is 65.2 Å². The number of nitrogens with zero attached hydrogens (tertiary/aromatic N) is 2. The number of amides is 2. The van der Waals surface area contributed by atoms with Crippen LogP contribution in [-0.2, 0) is 28.1 Å². The molecule has 6 rings (SSSR count). The van der Waals surface area contributed by atoms with Crippen LogP contribution in [0.4, 0.5) is 5.69 Å². The second-order valence-corrected chi connectivity index (χ2v) is 12.5. The van der Waals surface area contributed by atoms with Gasteiger partial charge in [0.05, 0.1) is 16.9 Å². The third-order valence-corrected chi connectivity index (χ3v) is 9.41. The lowest BCUT2D eigenvalue weighted by Gasteiger charge is -2.23. The minimum atomic E-state index is -4.08. The summed E-state index contributed by atoms with van der Waals surface area (Å²) in [7, 11) is -2.64. The Balaban J connectivity index is 1.40. The van der Waals surface area contributed by atoms with E-state index < -0.39 is 16.1 Å². The van der Waals surface area contributed by atoms with Crippen LogP contribution in [0.2, 0.25) is 0 Å². The number of anilines is 1. The summed E-state index contributed by atoms with van der Waals surface area (Å²) in [6, 6.07) is 22.3. The van der Waals surface area contributed by atoms with Crippen molar-refractivity contribution < 1.29 is 18.0 Å². The number of benzene rings is 3. The average Bonchev–Trinajstić information content (AvgIpc) is 3.18. The van der Waals surface area contributed by atoms with Crippen molar-refractivity contribution in [2.75, 3.05) is 12.4 Å². The van der Waals surface area contributed by atoms with Gasteiger partial charge in [-0.25, -0.2) is 4.72 Å². The Bertz CT molecular complexity index is 1710. The number of fused-ring (bicyclic) bond motifs is 5. The molecule has 9 heteroatoms. The van der Waals surface area contributed by atoms with E-state index in [0.717, 1.165) is 63.4 Å². The molecule has 2 N–H and O–H groups in total. The molecule has 0 spiro atoms. The molecule has 0 saturated heterocycles. The molecule has 8 nitrogen and oxygen atoms in total. The molecule has 2 heterocycles. The quantitative estimate of drug-likeness (QED) is 0.331. The van der Waals surface area contributed by atoms with Gasteiger partial charge < -0.3 is 9.88 Å². The molecule has 206 valence electrons. The van der Waals surface area contributed by atoms with Gasteiger partial charge in [0.25, 0.3) is 5.91 Å². The predicted molar refractivity (Wildman–Crippen MR) is 156 cm³/mol. The first-order chi connectivity index (χ1) is 19.3. The maximum Gasteiger partial charge on any atom is 0.304 e. The highest BCUT2D eigenvalue weighted by Crippen LogP contribution is 2.46. The van der Waals surface area contributed by atoms with Crippen molar-refractivity contribution in [2.45, 2.75) is 51.1 Å². The van der Waals surface area contributed by atoms with Crippen LogP contribution in [0.5, 0.6) is 0 Å². The Kier molecular flexibility index (Phi) is 6.93. The zero-order valence-electron chi connectivity index (χ0n) is 22.4. The van der Waals surface area contributed by atoms with Gasteiger partial charge in [-0.15, -0.1) is 0 Å². The van der Waals surface area contributed by atoms with Crippen LogP contribution in [0.1, 0.15) is 59.5 Å². The highest BCUT2D eigenvalue weighted by Gasteiger charge is 2.31. The van der Waals surface area contributed by atoms with E-state index in [0.29, 0.717) is 5.92 Å². The number of aromatic nitrogens is 1. The number of hydrogen-bond donors (Lipinski definition) is 2. The standard InChI is InChI=1S/C31H32N4O4S/c1-34(19-21-10-4-2-5-11-21)40(38,39)33-31(37)23-16-17-25-27(18-23)35-20-28(36)32-26-15-9-8-14-24(26)30(35)29(25)22-12-6-3-7-13-22/h2,4-5,8-11,14-18,22H,3,6-7,12-13,19-20H2,1H3,(H,32,36)(H,33,37). The molecule has 0 bridgehead atoms. The van der Waals surface area contributed by atoms with Crippen LogP contribution < -0.4 is 10.0 Å². The first kappa shape index (κ1) is 26.3. The lowest BCUT2D eigenvalue weighted by atomic mass is 9.81. The highest BCUT2D eigenvalue weighted by molar-refractivity contribution is 7.87. The van der Waals surface area contributed by atoms with E-state index in [9.17, 15) is 18.0 Å². The fourth-order valence-electron chi connectivity index (χ4n) is 6.09. The summed E-state index contributed by atoms with van der Waals surface area (Å²) in [4.78, 5) is 26.2. The Morgan fingerprint density at radius 3 is 2.50 bits per heavy atom. The summed E-state index contributed by atoms with van der Waals surface area (Å²) in [5.74, 6) is -0.506. The van der Waals surface area contributed by atoms with Gasteiger partial charge in [0.1, 0.15) is 6.54 Å². The second kappa shape index (κ2) is 10.6. The normalized spacial score (nSPS) is 15.8. The van der Waals surface area contributed by atoms with Crippen molar-refractivity contribution >= 4 is 38.6 Å². The van der Waals surface area contributed by atoms with Gasteiger partial charge in [-0.2, -0.15) is 12.7 Å². The van der Waals surface area contributed by atoms with E-state index in [1.165, 1.54) is 19.0 Å². The number of hydrogen-bond acceptors (Lipinski definition) is 4. The van der Waals surface area contributed by atoms with Gasteiger partial charge in [-0.1, -0.05) is 73.9 Å². The molecule has 0 atom stereocenters. The monoisotopic (exact) mass is 556 g/mol. The summed E-state index contributed by atoms with van der Waals surface area (Å²) >= 11 is 0. The van der Waals surface area contributed by atoms with Crippen LogP contribution in [0.15, 0.2) is 72.8 Å². The van der Waals surface area contributed by atoms with Crippen molar-refractivity contribution in [2.24, 2.45) is 0 Å². The van der Waals surface area contributed by atoms with E-state index in [2.05, 4.69) is 10.0 Å². The highest BCUT2D eigenvalue weighted by atomic mass is 32.2. The zero-order chi connectivity index (χ0) is 27.9. The van der Waals surface area contributed by atoms with E-state index >= 15 is 0 Å². The molecule has 2 amide bonds. The molecular weight excluding hydrogens is 524 g/mol. The van der Waals surface area contributed by atoms with Gasteiger partial charge in [-0.05, 0) is 48.1 Å². The van der Waals surface area contributed by atoms with Gasteiger partial charge in [-0.3, -0.25) is 9.59 Å². The fraction of sp³-hybridized carbons (Fsp3) is 0.290. The molecule has 40 heavy (non-hydrogen) atoms. The van der Waals surface area contributed by atoms with Gasteiger partial charge >= 0.3 is 10.2 Å². The largest absolute Gasteiger partial charge is 0.331 e. The maximum atomic E-state index is 13.3. The minimum Gasteiger partial charge on any atom is -0.331 e. The molecule has 1 aromatic heterocycles. The fourth-order valence-corrected chi connectivity index (χ4v) is 6.92. The summed E-state index contributed by atoms with van der Waals surface area (Å²) in [6.07, 6.45) is 5.68. The summed E-state index contributed by atoms with van der Waals surface area (Å²) in [6.45, 7) is 0.240. The number of para-hydroxylation sites is 1. The van der Waals surface area contributed by atoms with Crippen LogP contribution in [0.25, 0.3) is 22.2 Å². The van der Waals surface area contributed by atoms with Gasteiger partial charge in [0.2, 0.25) is 5.91 Å². The van der Waals surface area contributed by atoms with Crippen LogP contribution in [-0.4, -0.2) is 36.2 Å². The zero-order valence-corrected chi connectivity index (χ0v) is 23.2. The molecule has 1 aliphatic heterocycles. The maximum absolute atomic E-state index is 13.3. The number of rotatable bonds is 6. The summed E-state index contributed by atoms with van der Waals surface area (Å²) in [5.41, 5.74) is 5.74. The second-order valence-electron chi connectivity index (χ2n) is 10.7. The number of nitrogens with one attached hydrogen (secondary N) is 2. The lowest BCUT2D eigenvalue weighted by Crippen LogP contribution is -2.41. The van der Waals surface area contributed by atoms with E-state index in [-0.39, 0.29) is 24.6 Å². The minimum absolute atomic E-state index is 0.108. The van der Waals surface area contributed by atoms with Crippen LogP contribution >= 0.6 is 0 Å². The molecule has 4 aromatic rings. The lowest BCUT2D eigenvalue weighted by molar-refractivity contribution is -0.116. The predicted octanol–water partition coefficient (Wildman–Crippen LogP) is 5.41. The Morgan fingerprint density at radius 1 is 1.00 bits per heavy atom. The SMILES string of the molecule is CN(Cc1ccccc1)S(=O)(=O)NC(=O)c1ccc2c(C3CCCCC3)c3n(c2c1)CC(=O)Nc1ccccc1-3. The van der Waals surface area contributed by atoms with Crippen molar-refractivity contribution in [3.8, 4) is 11.3 Å². The molecule has 1 fully saturated rings. The average molecular weight is 557 g/mol. The molecule has 2 aliphatic rings. The van der Waals surface area contributed by atoms with Gasteiger partial charge in [0, 0.05) is 30.1 Å². The first-order valence-corrected chi connectivity index (χ1v) is 15.1. The van der Waals surface area contributed by atoms with Crippen molar-refractivity contribution in [1.29, 1.82) is 0 Å². The summed E-state index contributed by atoms with van der Waals surface area (Å²) in [5, 5.41) is 4.03. The topological polar surface area (TPSA) is 101 Å². The van der Waals surface area contributed by atoms with Gasteiger partial charge in [0.15, 0.2) is 0 Å². The molecule has 0 unspecified atom stereocenters. The number of carbonyl (C=O) groups excluding carboxylic acids is 2. The van der Waals surface area contributed by atoms with Crippen molar-refractivity contribution in [1.82, 2.24) is 13.6 Å². The third-order valence-electron chi connectivity index (χ3n) is 8.02. The van der Waals surface area contributed by atoms with E-state index in [1.54, 1.807) is 12.1 Å². The van der Waals surface area contributed by atoms with E-state index in [4.69, 9.17) is 0 Å². The third kappa shape index (κ3) is 4.91. The molecule has 3 aromatic carbocycles. The smallest absolute Gasteiger partial charge is 0.304 e.